The van der Waals surface area contributed by atoms with Crippen LogP contribution in [0.2, 0.25) is 0 Å². The van der Waals surface area contributed by atoms with E-state index in [-0.39, 0.29) is 36.3 Å². The fourth-order valence-electron chi connectivity index (χ4n) is 4.32. The summed E-state index contributed by atoms with van der Waals surface area (Å²) in [6.45, 7) is 17.3. The molecule has 2 N–H and O–H groups in total. The van der Waals surface area contributed by atoms with Crippen molar-refractivity contribution in [1.82, 2.24) is 4.90 Å². The molecule has 1 atom stereocenters. The number of aliphatic carboxylic acids is 2. The van der Waals surface area contributed by atoms with Crippen LogP contribution in [-0.2, 0) is 30.5 Å². The van der Waals surface area contributed by atoms with Gasteiger partial charge in [0.2, 0.25) is 0 Å². The van der Waals surface area contributed by atoms with Gasteiger partial charge in [-0.05, 0) is 63.9 Å². The number of nitrogens with zero attached hydrogens (tertiary/aromatic N) is 1. The monoisotopic (exact) mass is 597 g/mol. The van der Waals surface area contributed by atoms with Gasteiger partial charge >= 0.3 is 23.9 Å². The smallest absolute Gasteiger partial charge is 0.328 e. The lowest BCUT2D eigenvalue weighted by Crippen LogP contribution is -2.38. The minimum absolute atomic E-state index is 0.0203. The lowest BCUT2D eigenvalue weighted by atomic mass is 9.86. The van der Waals surface area contributed by atoms with E-state index < -0.39 is 11.9 Å². The van der Waals surface area contributed by atoms with E-state index in [9.17, 15) is 19.2 Å². The fraction of sp³-hybridized carbons (Fsp3) is 0.471. The van der Waals surface area contributed by atoms with Crippen molar-refractivity contribution in [2.24, 2.45) is 11.8 Å². The second-order valence-electron chi connectivity index (χ2n) is 11.4. The number of benzene rings is 2. The lowest BCUT2D eigenvalue weighted by molar-refractivity contribution is -0.148. The van der Waals surface area contributed by atoms with Gasteiger partial charge in [0.15, 0.2) is 0 Å². The van der Waals surface area contributed by atoms with Gasteiger partial charge in [-0.25, -0.2) is 9.59 Å². The fourth-order valence-corrected chi connectivity index (χ4v) is 4.32. The van der Waals surface area contributed by atoms with E-state index >= 15 is 0 Å². The summed E-state index contributed by atoms with van der Waals surface area (Å²) in [7, 11) is 0. The number of hydrogen-bond donors (Lipinski definition) is 2. The Morgan fingerprint density at radius 1 is 0.767 bits per heavy atom. The Bertz CT molecular complexity index is 1190. The Morgan fingerprint density at radius 3 is 1.77 bits per heavy atom. The maximum Gasteiger partial charge on any atom is 0.328 e. The van der Waals surface area contributed by atoms with Crippen LogP contribution < -0.4 is 4.74 Å². The first-order valence-electron chi connectivity index (χ1n) is 14.6. The molecule has 2 aromatic rings. The van der Waals surface area contributed by atoms with Crippen molar-refractivity contribution in [2.75, 3.05) is 6.54 Å². The topological polar surface area (TPSA) is 130 Å². The molecule has 2 rings (SSSR count). The van der Waals surface area contributed by atoms with Crippen molar-refractivity contribution in [3.8, 4) is 5.75 Å². The highest BCUT2D eigenvalue weighted by molar-refractivity contribution is 5.89. The molecule has 0 bridgehead atoms. The molecule has 0 aliphatic heterocycles. The van der Waals surface area contributed by atoms with E-state index in [0.717, 1.165) is 29.7 Å². The molecule has 0 aromatic heterocycles. The molecule has 9 nitrogen and oxygen atoms in total. The average molecular weight is 598 g/mol. The van der Waals surface area contributed by atoms with Gasteiger partial charge in [-0.15, -0.1) is 0 Å². The minimum atomic E-state index is -1.26. The van der Waals surface area contributed by atoms with Gasteiger partial charge < -0.3 is 19.7 Å². The standard InChI is InChI=1S/C30H43NO4.C4H4O4/c1-20(2)29(32)34-19-24-14-15-28(35-30(33)21(3)4)27(18-24)26(25-12-10-9-11-13-25)16-17-31(22(5)6)23(7)8;5-3(6)1-2-4(7)8/h9-15,18,20-23,26H,16-17,19H2,1-8H3;1-2H,(H,5,6)(H,7,8)/b;2-1+. The van der Waals surface area contributed by atoms with Crippen LogP contribution >= 0.6 is 0 Å². The molecule has 9 heteroatoms. The molecular formula is C34H47NO8. The van der Waals surface area contributed by atoms with Crippen molar-refractivity contribution in [1.29, 1.82) is 0 Å². The first-order valence-corrected chi connectivity index (χ1v) is 14.6. The number of carbonyl (C=O) groups excluding carboxylic acids is 2. The third-order valence-electron chi connectivity index (χ3n) is 6.56. The molecule has 1 unspecified atom stereocenters. The van der Waals surface area contributed by atoms with Gasteiger partial charge in [0.1, 0.15) is 12.4 Å². The number of esters is 2. The van der Waals surface area contributed by atoms with Crippen molar-refractivity contribution in [2.45, 2.75) is 86.4 Å². The number of hydrogen-bond acceptors (Lipinski definition) is 7. The summed E-state index contributed by atoms with van der Waals surface area (Å²) >= 11 is 0. The quantitative estimate of drug-likeness (QED) is 0.146. The molecular weight excluding hydrogens is 550 g/mol. The normalized spacial score (nSPS) is 12.0. The van der Waals surface area contributed by atoms with Crippen LogP contribution in [0.4, 0.5) is 0 Å². The predicted molar refractivity (Wildman–Crippen MR) is 166 cm³/mol. The summed E-state index contributed by atoms with van der Waals surface area (Å²) in [5.41, 5.74) is 2.98. The van der Waals surface area contributed by atoms with Crippen LogP contribution in [0.5, 0.6) is 5.75 Å². The number of carboxylic acids is 2. The van der Waals surface area contributed by atoms with Crippen LogP contribution in [0.25, 0.3) is 0 Å². The third-order valence-corrected chi connectivity index (χ3v) is 6.56. The van der Waals surface area contributed by atoms with Crippen LogP contribution in [0.15, 0.2) is 60.7 Å². The van der Waals surface area contributed by atoms with E-state index in [4.69, 9.17) is 19.7 Å². The Kier molecular flexibility index (Phi) is 16.0. The first-order chi connectivity index (χ1) is 20.1. The summed E-state index contributed by atoms with van der Waals surface area (Å²) < 4.78 is 11.4. The second kappa shape index (κ2) is 18.5. The maximum absolute atomic E-state index is 12.5. The molecule has 0 spiro atoms. The van der Waals surface area contributed by atoms with E-state index in [0.29, 0.717) is 30.0 Å². The number of carbonyl (C=O) groups is 4. The van der Waals surface area contributed by atoms with Crippen molar-refractivity contribution in [3.05, 3.63) is 77.4 Å². The van der Waals surface area contributed by atoms with Crippen molar-refractivity contribution in [3.63, 3.8) is 0 Å². The van der Waals surface area contributed by atoms with Gasteiger partial charge in [-0.1, -0.05) is 64.1 Å². The molecule has 2 aromatic carbocycles. The predicted octanol–water partition coefficient (Wildman–Crippen LogP) is 6.30. The average Bonchev–Trinajstić information content (AvgIpc) is 2.93. The van der Waals surface area contributed by atoms with Crippen LogP contribution in [0.1, 0.15) is 84.4 Å². The molecule has 0 fully saturated rings. The molecule has 0 aliphatic rings. The molecule has 43 heavy (non-hydrogen) atoms. The molecule has 0 saturated carbocycles. The Labute approximate surface area is 255 Å². The summed E-state index contributed by atoms with van der Waals surface area (Å²) in [6.07, 6.45) is 1.98. The molecule has 0 amide bonds. The maximum atomic E-state index is 12.5. The number of ether oxygens (including phenoxy) is 2. The first kappa shape index (κ1) is 37.0. The molecule has 0 heterocycles. The zero-order chi connectivity index (χ0) is 32.7. The summed E-state index contributed by atoms with van der Waals surface area (Å²) in [4.78, 5) is 46.2. The largest absolute Gasteiger partial charge is 0.478 e. The summed E-state index contributed by atoms with van der Waals surface area (Å²) in [5, 5.41) is 15.6. The highest BCUT2D eigenvalue weighted by Crippen LogP contribution is 2.36. The minimum Gasteiger partial charge on any atom is -0.478 e. The van der Waals surface area contributed by atoms with Crippen LogP contribution in [0.3, 0.4) is 0 Å². The molecule has 0 aliphatic carbocycles. The number of carboxylic acid groups (broad SMARTS) is 2. The van der Waals surface area contributed by atoms with Crippen molar-refractivity contribution < 1.29 is 38.9 Å². The van der Waals surface area contributed by atoms with Gasteiger partial charge in [0.05, 0.1) is 11.8 Å². The van der Waals surface area contributed by atoms with Gasteiger partial charge in [0.25, 0.3) is 0 Å². The van der Waals surface area contributed by atoms with E-state index in [1.165, 1.54) is 0 Å². The Morgan fingerprint density at radius 2 is 1.30 bits per heavy atom. The molecule has 236 valence electrons. The summed E-state index contributed by atoms with van der Waals surface area (Å²) in [6, 6.07) is 16.9. The molecule has 0 saturated heterocycles. The van der Waals surface area contributed by atoms with E-state index in [2.05, 4.69) is 44.7 Å². The zero-order valence-corrected chi connectivity index (χ0v) is 26.6. The SMILES string of the molecule is CC(C)C(=O)OCc1ccc(OC(=O)C(C)C)c(C(CCN(C(C)C)C(C)C)c2ccccc2)c1.O=C(O)/C=C/C(=O)O. The second-order valence-corrected chi connectivity index (χ2v) is 11.4. The lowest BCUT2D eigenvalue weighted by Gasteiger charge is -2.32. The third kappa shape index (κ3) is 13.7. The Hall–Kier alpha value is -3.98. The van der Waals surface area contributed by atoms with E-state index in [1.807, 2.05) is 64.1 Å². The van der Waals surface area contributed by atoms with Crippen LogP contribution in [-0.4, -0.2) is 57.6 Å². The number of rotatable bonds is 14. The molecule has 0 radical (unpaired) electrons. The van der Waals surface area contributed by atoms with Crippen molar-refractivity contribution >= 4 is 23.9 Å². The summed E-state index contributed by atoms with van der Waals surface area (Å²) in [5.74, 6) is -2.84. The van der Waals surface area contributed by atoms with Crippen LogP contribution in [0, 0.1) is 11.8 Å². The highest BCUT2D eigenvalue weighted by Gasteiger charge is 2.24. The van der Waals surface area contributed by atoms with Gasteiger partial charge in [0, 0.05) is 35.7 Å². The van der Waals surface area contributed by atoms with E-state index in [1.54, 1.807) is 0 Å². The van der Waals surface area contributed by atoms with Gasteiger partial charge in [-0.3, -0.25) is 14.5 Å². The zero-order valence-electron chi connectivity index (χ0n) is 26.6. The van der Waals surface area contributed by atoms with Gasteiger partial charge in [-0.2, -0.15) is 0 Å². The highest BCUT2D eigenvalue weighted by atomic mass is 16.5. The Balaban J connectivity index is 0.00000101.